The topological polar surface area (TPSA) is 82.5 Å². The minimum atomic E-state index is -0.476. The monoisotopic (exact) mass is 469 g/mol. The smallest absolute Gasteiger partial charge is 0.279 e. The van der Waals surface area contributed by atoms with Crippen LogP contribution in [0.2, 0.25) is 0 Å². The van der Waals surface area contributed by atoms with Gasteiger partial charge in [-0.25, -0.2) is 4.39 Å². The van der Waals surface area contributed by atoms with Crippen LogP contribution in [-0.2, 0) is 17.6 Å². The third-order valence-corrected chi connectivity index (χ3v) is 6.58. The van der Waals surface area contributed by atoms with Crippen molar-refractivity contribution in [3.8, 4) is 11.5 Å². The fourth-order valence-corrected chi connectivity index (χ4v) is 4.84. The summed E-state index contributed by atoms with van der Waals surface area (Å²) >= 11 is 1.24. The number of carbonyl (C=O) groups is 1. The molecule has 1 aliphatic rings. The fourth-order valence-electron chi connectivity index (χ4n) is 3.89. The predicted octanol–water partition coefficient (Wildman–Crippen LogP) is 4.09. The lowest BCUT2D eigenvalue weighted by molar-refractivity contribution is -0.116. The van der Waals surface area contributed by atoms with Crippen LogP contribution in [0.25, 0.3) is 0 Å². The van der Waals surface area contributed by atoms with Gasteiger partial charge < -0.3 is 19.4 Å². The standard InChI is InChI=1S/C24H24FN3O4S/c1-4-32-19-11-14(9-10-18(19)31-3)16-12-20(29)26-22-21(16)23(30)27-24(28(22)2)33-13-15-7-5-6-8-17(15)25/h5-11,16H,4,12-13H2,1-3H3,(H,26,29)/t16-/m1/s1. The largest absolute Gasteiger partial charge is 0.493 e. The first-order valence-electron chi connectivity index (χ1n) is 10.5. The number of fused-ring (bicyclic) bond motifs is 1. The summed E-state index contributed by atoms with van der Waals surface area (Å²) in [4.78, 5) is 30.0. The second kappa shape index (κ2) is 9.66. The number of nitrogens with one attached hydrogen (secondary N) is 1. The highest BCUT2D eigenvalue weighted by Crippen LogP contribution is 2.39. The van der Waals surface area contributed by atoms with Gasteiger partial charge >= 0.3 is 0 Å². The van der Waals surface area contributed by atoms with Crippen molar-refractivity contribution >= 4 is 23.5 Å². The Bertz CT molecular complexity index is 1260. The average Bonchev–Trinajstić information content (AvgIpc) is 2.81. The molecule has 0 saturated heterocycles. The molecule has 3 aromatic rings. The van der Waals surface area contributed by atoms with Crippen LogP contribution in [0.1, 0.15) is 36.0 Å². The van der Waals surface area contributed by atoms with Crippen molar-refractivity contribution < 1.29 is 18.7 Å². The maximum atomic E-state index is 14.0. The Morgan fingerprint density at radius 3 is 2.73 bits per heavy atom. The number of ether oxygens (including phenoxy) is 2. The number of methoxy groups -OCH3 is 1. The minimum absolute atomic E-state index is 0.115. The van der Waals surface area contributed by atoms with Crippen LogP contribution in [0.15, 0.2) is 52.4 Å². The van der Waals surface area contributed by atoms with E-state index in [1.165, 1.54) is 17.8 Å². The molecule has 9 heteroatoms. The van der Waals surface area contributed by atoms with Crippen LogP contribution >= 0.6 is 11.8 Å². The van der Waals surface area contributed by atoms with Gasteiger partial charge in [0.2, 0.25) is 5.91 Å². The lowest BCUT2D eigenvalue weighted by Gasteiger charge is -2.28. The van der Waals surface area contributed by atoms with E-state index in [-0.39, 0.29) is 18.1 Å². The molecule has 0 bridgehead atoms. The van der Waals surface area contributed by atoms with Crippen molar-refractivity contribution in [3.63, 3.8) is 0 Å². The number of carbonyl (C=O) groups excluding carboxylic acids is 1. The Morgan fingerprint density at radius 2 is 2.00 bits per heavy atom. The zero-order valence-electron chi connectivity index (χ0n) is 18.6. The highest BCUT2D eigenvalue weighted by atomic mass is 32.2. The van der Waals surface area contributed by atoms with Gasteiger partial charge in [-0.3, -0.25) is 9.59 Å². The molecule has 1 aromatic heterocycles. The number of aromatic nitrogens is 2. The Kier molecular flexibility index (Phi) is 6.69. The molecule has 0 unspecified atom stereocenters. The fraction of sp³-hybridized carbons (Fsp3) is 0.292. The van der Waals surface area contributed by atoms with Gasteiger partial charge in [0.05, 0.1) is 19.3 Å². The maximum Gasteiger partial charge on any atom is 0.279 e. The Balaban J connectivity index is 1.73. The number of hydrogen-bond acceptors (Lipinski definition) is 6. The van der Waals surface area contributed by atoms with Crippen molar-refractivity contribution in [2.45, 2.75) is 30.2 Å². The van der Waals surface area contributed by atoms with E-state index in [0.717, 1.165) is 5.56 Å². The van der Waals surface area contributed by atoms with E-state index in [4.69, 9.17) is 9.47 Å². The van der Waals surface area contributed by atoms with Gasteiger partial charge in [-0.15, -0.1) is 0 Å². The van der Waals surface area contributed by atoms with Crippen LogP contribution in [-0.4, -0.2) is 29.2 Å². The first-order valence-corrected chi connectivity index (χ1v) is 11.5. The number of halogens is 1. The number of nitrogens with zero attached hydrogens (tertiary/aromatic N) is 2. The van der Waals surface area contributed by atoms with E-state index in [2.05, 4.69) is 10.3 Å². The summed E-state index contributed by atoms with van der Waals surface area (Å²) in [5.74, 6) is 0.841. The van der Waals surface area contributed by atoms with E-state index in [9.17, 15) is 14.0 Å². The average molecular weight is 470 g/mol. The quantitative estimate of drug-likeness (QED) is 0.415. The van der Waals surface area contributed by atoms with E-state index < -0.39 is 11.5 Å². The van der Waals surface area contributed by atoms with Gasteiger partial charge in [0, 0.05) is 25.1 Å². The summed E-state index contributed by atoms with van der Waals surface area (Å²) in [7, 11) is 3.29. The number of benzene rings is 2. The molecule has 0 fully saturated rings. The van der Waals surface area contributed by atoms with Crippen LogP contribution in [0.3, 0.4) is 0 Å². The Morgan fingerprint density at radius 1 is 1.21 bits per heavy atom. The molecule has 4 rings (SSSR count). The summed E-state index contributed by atoms with van der Waals surface area (Å²) in [6, 6.07) is 11.9. The third-order valence-electron chi connectivity index (χ3n) is 5.51. The van der Waals surface area contributed by atoms with Crippen molar-refractivity contribution in [1.82, 2.24) is 9.55 Å². The van der Waals surface area contributed by atoms with Gasteiger partial charge in [-0.1, -0.05) is 36.0 Å². The molecular weight excluding hydrogens is 445 g/mol. The molecule has 33 heavy (non-hydrogen) atoms. The zero-order valence-corrected chi connectivity index (χ0v) is 19.4. The van der Waals surface area contributed by atoms with Crippen molar-refractivity contribution in [2.24, 2.45) is 7.05 Å². The number of rotatable bonds is 7. The molecule has 1 N–H and O–H groups in total. The lowest BCUT2D eigenvalue weighted by Crippen LogP contribution is -2.33. The van der Waals surface area contributed by atoms with E-state index in [1.807, 2.05) is 13.0 Å². The molecule has 0 saturated carbocycles. The molecule has 1 amide bonds. The molecule has 0 spiro atoms. The van der Waals surface area contributed by atoms with Crippen molar-refractivity contribution in [2.75, 3.05) is 19.0 Å². The molecule has 0 aliphatic carbocycles. The first kappa shape index (κ1) is 22.8. The molecule has 1 aliphatic heterocycles. The van der Waals surface area contributed by atoms with Gasteiger partial charge in [0.15, 0.2) is 16.7 Å². The predicted molar refractivity (Wildman–Crippen MR) is 125 cm³/mol. The number of anilines is 1. The second-order valence-electron chi connectivity index (χ2n) is 7.55. The van der Waals surface area contributed by atoms with Crippen LogP contribution in [0.4, 0.5) is 10.2 Å². The van der Waals surface area contributed by atoms with Crippen LogP contribution in [0.5, 0.6) is 11.5 Å². The normalized spacial score (nSPS) is 15.0. The molecule has 0 radical (unpaired) electrons. The third kappa shape index (κ3) is 4.59. The van der Waals surface area contributed by atoms with Crippen LogP contribution in [0, 0.1) is 5.82 Å². The number of amides is 1. The lowest BCUT2D eigenvalue weighted by atomic mass is 9.86. The van der Waals surface area contributed by atoms with Gasteiger partial charge in [-0.05, 0) is 36.2 Å². The highest BCUT2D eigenvalue weighted by Gasteiger charge is 2.32. The summed E-state index contributed by atoms with van der Waals surface area (Å²) in [6.07, 6.45) is 0.115. The molecule has 7 nitrogen and oxygen atoms in total. The zero-order chi connectivity index (χ0) is 23.5. The Labute approximate surface area is 194 Å². The summed E-state index contributed by atoms with van der Waals surface area (Å²) in [6.45, 7) is 2.32. The van der Waals surface area contributed by atoms with Crippen molar-refractivity contribution in [3.05, 3.63) is 75.3 Å². The first-order chi connectivity index (χ1) is 15.9. The second-order valence-corrected chi connectivity index (χ2v) is 8.49. The maximum absolute atomic E-state index is 14.0. The Hall–Kier alpha value is -3.33. The van der Waals surface area contributed by atoms with Crippen molar-refractivity contribution in [1.29, 1.82) is 0 Å². The van der Waals surface area contributed by atoms with Crippen LogP contribution < -0.4 is 20.3 Å². The number of hydrogen-bond donors (Lipinski definition) is 1. The van der Waals surface area contributed by atoms with E-state index in [0.29, 0.717) is 46.0 Å². The molecular formula is C24H24FN3O4S. The highest BCUT2D eigenvalue weighted by molar-refractivity contribution is 7.98. The summed E-state index contributed by atoms with van der Waals surface area (Å²) in [5.41, 5.74) is 1.27. The van der Waals surface area contributed by atoms with Gasteiger partial charge in [0.25, 0.3) is 5.56 Å². The SMILES string of the molecule is CCOc1cc([C@H]2CC(=O)Nc3c2c(=O)nc(SCc2ccccc2F)n3C)ccc1OC. The minimum Gasteiger partial charge on any atom is -0.493 e. The van der Waals surface area contributed by atoms with Gasteiger partial charge in [0.1, 0.15) is 11.6 Å². The molecule has 172 valence electrons. The molecule has 2 heterocycles. The summed E-state index contributed by atoms with van der Waals surface area (Å²) in [5, 5.41) is 3.22. The van der Waals surface area contributed by atoms with Gasteiger partial charge in [-0.2, -0.15) is 4.98 Å². The summed E-state index contributed by atoms with van der Waals surface area (Å²) < 4.78 is 26.7. The number of thioether (sulfide) groups is 1. The van der Waals surface area contributed by atoms with E-state index >= 15 is 0 Å². The van der Waals surface area contributed by atoms with E-state index in [1.54, 1.807) is 49.1 Å². The molecule has 1 atom stereocenters. The molecule has 2 aromatic carbocycles.